The van der Waals surface area contributed by atoms with E-state index < -0.39 is 0 Å². The molecule has 0 amide bonds. The van der Waals surface area contributed by atoms with Crippen LogP contribution in [0.3, 0.4) is 0 Å². The van der Waals surface area contributed by atoms with Crippen molar-refractivity contribution in [2.75, 3.05) is 18.1 Å². The van der Waals surface area contributed by atoms with Crippen molar-refractivity contribution in [3.63, 3.8) is 0 Å². The van der Waals surface area contributed by atoms with Crippen molar-refractivity contribution in [3.05, 3.63) is 29.8 Å². The summed E-state index contributed by atoms with van der Waals surface area (Å²) >= 11 is 0. The Morgan fingerprint density at radius 1 is 1.36 bits per heavy atom. The average molecular weight is 189 g/mol. The molecule has 3 heteroatoms. The van der Waals surface area contributed by atoms with Gasteiger partial charge >= 0.3 is 0 Å². The van der Waals surface area contributed by atoms with Crippen molar-refractivity contribution in [2.24, 2.45) is 4.99 Å². The SMILES string of the molecule is CCc1ccc(N2CCN=CN2)cc1. The monoisotopic (exact) mass is 189 g/mol. The van der Waals surface area contributed by atoms with Gasteiger partial charge in [-0.15, -0.1) is 0 Å². The van der Waals surface area contributed by atoms with Crippen molar-refractivity contribution in [1.29, 1.82) is 0 Å². The molecule has 1 heterocycles. The van der Waals surface area contributed by atoms with E-state index in [1.54, 1.807) is 6.34 Å². The molecule has 3 nitrogen and oxygen atoms in total. The molecular weight excluding hydrogens is 174 g/mol. The molecule has 74 valence electrons. The number of nitrogens with zero attached hydrogens (tertiary/aromatic N) is 2. The molecule has 0 aliphatic carbocycles. The molecule has 0 fully saturated rings. The number of rotatable bonds is 2. The van der Waals surface area contributed by atoms with E-state index in [0.717, 1.165) is 19.5 Å². The number of aliphatic imine (C=N–C) groups is 1. The van der Waals surface area contributed by atoms with Crippen LogP contribution in [0.4, 0.5) is 5.69 Å². The second-order valence-electron chi connectivity index (χ2n) is 3.34. The quantitative estimate of drug-likeness (QED) is 0.765. The first kappa shape index (κ1) is 9.06. The molecule has 1 aliphatic heterocycles. The first-order chi connectivity index (χ1) is 6.90. The average Bonchev–Trinajstić information content (AvgIpc) is 2.30. The maximum absolute atomic E-state index is 4.11. The highest BCUT2D eigenvalue weighted by Gasteiger charge is 2.06. The molecule has 2 rings (SSSR count). The van der Waals surface area contributed by atoms with Crippen molar-refractivity contribution in [1.82, 2.24) is 5.43 Å². The zero-order valence-electron chi connectivity index (χ0n) is 8.40. The van der Waals surface area contributed by atoms with Crippen LogP contribution in [0, 0.1) is 0 Å². The summed E-state index contributed by atoms with van der Waals surface area (Å²) in [6, 6.07) is 8.63. The van der Waals surface area contributed by atoms with Gasteiger partial charge in [-0.3, -0.25) is 15.4 Å². The number of hydrazine groups is 1. The van der Waals surface area contributed by atoms with Gasteiger partial charge in [-0.2, -0.15) is 0 Å². The first-order valence-electron chi connectivity index (χ1n) is 5.01. The van der Waals surface area contributed by atoms with Gasteiger partial charge in [-0.1, -0.05) is 19.1 Å². The topological polar surface area (TPSA) is 27.6 Å². The molecule has 0 bridgehead atoms. The van der Waals surface area contributed by atoms with Gasteiger partial charge in [0.1, 0.15) is 6.34 Å². The van der Waals surface area contributed by atoms with Crippen LogP contribution in [0.25, 0.3) is 0 Å². The van der Waals surface area contributed by atoms with Gasteiger partial charge in [0, 0.05) is 0 Å². The third-order valence-corrected chi connectivity index (χ3v) is 2.41. The van der Waals surface area contributed by atoms with E-state index in [1.165, 1.54) is 11.3 Å². The van der Waals surface area contributed by atoms with Crippen LogP contribution in [-0.2, 0) is 6.42 Å². The molecule has 14 heavy (non-hydrogen) atoms. The summed E-state index contributed by atoms with van der Waals surface area (Å²) in [5.41, 5.74) is 5.69. The maximum atomic E-state index is 4.11. The van der Waals surface area contributed by atoms with E-state index in [0.29, 0.717) is 0 Å². The summed E-state index contributed by atoms with van der Waals surface area (Å²) in [4.78, 5) is 4.11. The maximum Gasteiger partial charge on any atom is 0.101 e. The fourth-order valence-corrected chi connectivity index (χ4v) is 1.51. The Bertz CT molecular complexity index is 316. The smallest absolute Gasteiger partial charge is 0.101 e. The number of hydrogen-bond acceptors (Lipinski definition) is 3. The van der Waals surface area contributed by atoms with Gasteiger partial charge in [0.05, 0.1) is 18.8 Å². The van der Waals surface area contributed by atoms with E-state index in [4.69, 9.17) is 0 Å². The summed E-state index contributed by atoms with van der Waals surface area (Å²) in [6.07, 6.45) is 2.84. The molecule has 0 spiro atoms. The number of hydrogen-bond donors (Lipinski definition) is 1. The molecule has 1 aromatic carbocycles. The Kier molecular flexibility index (Phi) is 2.68. The van der Waals surface area contributed by atoms with Gasteiger partial charge in [0.25, 0.3) is 0 Å². The Morgan fingerprint density at radius 3 is 2.71 bits per heavy atom. The molecule has 1 N–H and O–H groups in total. The third-order valence-electron chi connectivity index (χ3n) is 2.41. The summed E-state index contributed by atoms with van der Waals surface area (Å²) in [5.74, 6) is 0. The fraction of sp³-hybridized carbons (Fsp3) is 0.364. The Morgan fingerprint density at radius 2 is 2.14 bits per heavy atom. The minimum absolute atomic E-state index is 0.864. The largest absolute Gasteiger partial charge is 0.288 e. The highest BCUT2D eigenvalue weighted by Crippen LogP contribution is 2.14. The van der Waals surface area contributed by atoms with E-state index in [-0.39, 0.29) is 0 Å². The van der Waals surface area contributed by atoms with Crippen molar-refractivity contribution < 1.29 is 0 Å². The van der Waals surface area contributed by atoms with Crippen LogP contribution in [0.1, 0.15) is 12.5 Å². The standard InChI is InChI=1S/C11H15N3/c1-2-10-3-5-11(6-4-10)14-8-7-12-9-13-14/h3-6,9H,2,7-8H2,1H3,(H,12,13). The highest BCUT2D eigenvalue weighted by atomic mass is 15.5. The molecule has 0 atom stereocenters. The molecule has 1 aliphatic rings. The Balaban J connectivity index is 2.12. The molecule has 0 saturated carbocycles. The number of nitrogens with one attached hydrogen (secondary N) is 1. The number of benzene rings is 1. The van der Waals surface area contributed by atoms with E-state index in [9.17, 15) is 0 Å². The van der Waals surface area contributed by atoms with Crippen LogP contribution in [0.15, 0.2) is 29.3 Å². The van der Waals surface area contributed by atoms with E-state index in [2.05, 4.69) is 46.6 Å². The summed E-state index contributed by atoms with van der Waals surface area (Å²) in [6.45, 7) is 3.96. The normalized spacial score (nSPS) is 15.4. The van der Waals surface area contributed by atoms with Crippen LogP contribution in [-0.4, -0.2) is 19.4 Å². The summed E-state index contributed by atoms with van der Waals surface area (Å²) in [7, 11) is 0. The zero-order chi connectivity index (χ0) is 9.80. The summed E-state index contributed by atoms with van der Waals surface area (Å²) in [5, 5.41) is 2.10. The molecular formula is C11H15N3. The predicted octanol–water partition coefficient (Wildman–Crippen LogP) is 1.60. The fourth-order valence-electron chi connectivity index (χ4n) is 1.51. The second kappa shape index (κ2) is 4.13. The van der Waals surface area contributed by atoms with Crippen LogP contribution >= 0.6 is 0 Å². The minimum Gasteiger partial charge on any atom is -0.288 e. The van der Waals surface area contributed by atoms with Gasteiger partial charge in [-0.25, -0.2) is 0 Å². The lowest BCUT2D eigenvalue weighted by Gasteiger charge is -2.26. The van der Waals surface area contributed by atoms with Crippen LogP contribution < -0.4 is 10.4 Å². The lowest BCUT2D eigenvalue weighted by molar-refractivity contribution is 0.734. The Labute approximate surface area is 84.4 Å². The van der Waals surface area contributed by atoms with Gasteiger partial charge in [0.2, 0.25) is 0 Å². The lowest BCUT2D eigenvalue weighted by Crippen LogP contribution is -2.42. The zero-order valence-corrected chi connectivity index (χ0v) is 8.40. The second-order valence-corrected chi connectivity index (χ2v) is 3.34. The van der Waals surface area contributed by atoms with Gasteiger partial charge in [-0.05, 0) is 24.1 Å². The van der Waals surface area contributed by atoms with E-state index in [1.807, 2.05) is 0 Å². The van der Waals surface area contributed by atoms with Crippen LogP contribution in [0.2, 0.25) is 0 Å². The number of aryl methyl sites for hydroxylation is 1. The molecule has 0 radical (unpaired) electrons. The molecule has 1 aromatic rings. The van der Waals surface area contributed by atoms with Crippen LogP contribution in [0.5, 0.6) is 0 Å². The van der Waals surface area contributed by atoms with Gasteiger partial charge in [0.15, 0.2) is 0 Å². The van der Waals surface area contributed by atoms with Crippen molar-refractivity contribution in [2.45, 2.75) is 13.3 Å². The summed E-state index contributed by atoms with van der Waals surface area (Å²) < 4.78 is 0. The van der Waals surface area contributed by atoms with Crippen molar-refractivity contribution >= 4 is 12.0 Å². The molecule has 0 aromatic heterocycles. The molecule has 0 saturated heterocycles. The number of anilines is 1. The van der Waals surface area contributed by atoms with Crippen molar-refractivity contribution in [3.8, 4) is 0 Å². The van der Waals surface area contributed by atoms with E-state index >= 15 is 0 Å². The third kappa shape index (κ3) is 1.87. The predicted molar refractivity (Wildman–Crippen MR) is 59.7 cm³/mol. The first-order valence-corrected chi connectivity index (χ1v) is 5.01. The molecule has 0 unspecified atom stereocenters. The van der Waals surface area contributed by atoms with Gasteiger partial charge < -0.3 is 0 Å². The lowest BCUT2D eigenvalue weighted by atomic mass is 10.1. The minimum atomic E-state index is 0.864. The highest BCUT2D eigenvalue weighted by molar-refractivity contribution is 5.61. The Hall–Kier alpha value is -1.51.